The second-order valence-corrected chi connectivity index (χ2v) is 9.31. The number of amides is 1. The topological polar surface area (TPSA) is 66.5 Å². The molecule has 2 aromatic rings. The summed E-state index contributed by atoms with van der Waals surface area (Å²) in [7, 11) is -3.89. The van der Waals surface area contributed by atoms with Crippen LogP contribution in [0, 0.1) is 6.92 Å². The molecule has 1 N–H and O–H groups in total. The first-order chi connectivity index (χ1) is 13.2. The van der Waals surface area contributed by atoms with E-state index < -0.39 is 10.0 Å². The number of aryl methyl sites for hydroxylation is 1. The zero-order valence-corrected chi connectivity index (χ0v) is 18.2. The fourth-order valence-corrected chi connectivity index (χ4v) is 4.39. The summed E-state index contributed by atoms with van der Waals surface area (Å²) in [6.07, 6.45) is 1.77. The van der Waals surface area contributed by atoms with Crippen LogP contribution in [0.2, 0.25) is 10.0 Å². The quantitative estimate of drug-likeness (QED) is 0.584. The third kappa shape index (κ3) is 6.21. The van der Waals surface area contributed by atoms with Crippen molar-refractivity contribution in [2.75, 3.05) is 13.1 Å². The Balaban J connectivity index is 2.31. The fraction of sp³-hybridized carbons (Fsp3) is 0.350. The predicted molar refractivity (Wildman–Crippen MR) is 113 cm³/mol. The average Bonchev–Trinajstić information content (AvgIpc) is 2.63. The van der Waals surface area contributed by atoms with E-state index in [9.17, 15) is 13.2 Å². The fourth-order valence-electron chi connectivity index (χ4n) is 2.55. The van der Waals surface area contributed by atoms with E-state index in [1.54, 1.807) is 30.3 Å². The van der Waals surface area contributed by atoms with Gasteiger partial charge in [0.1, 0.15) is 0 Å². The largest absolute Gasteiger partial charge is 0.355 e. The average molecular weight is 443 g/mol. The Morgan fingerprint density at radius 1 is 1.11 bits per heavy atom. The number of benzene rings is 2. The first kappa shape index (κ1) is 22.7. The number of sulfonamides is 1. The van der Waals surface area contributed by atoms with Gasteiger partial charge in [-0.3, -0.25) is 4.79 Å². The van der Waals surface area contributed by atoms with Gasteiger partial charge in [-0.1, -0.05) is 60.3 Å². The molecular weight excluding hydrogens is 419 g/mol. The van der Waals surface area contributed by atoms with Crippen LogP contribution in [0.1, 0.15) is 30.9 Å². The second-order valence-electron chi connectivity index (χ2n) is 6.53. The van der Waals surface area contributed by atoms with E-state index in [-0.39, 0.29) is 23.9 Å². The number of nitrogens with zero attached hydrogens (tertiary/aromatic N) is 1. The molecule has 0 radical (unpaired) electrons. The van der Waals surface area contributed by atoms with Crippen LogP contribution in [-0.4, -0.2) is 31.7 Å². The number of hydrogen-bond acceptors (Lipinski definition) is 3. The maximum Gasteiger partial charge on any atom is 0.243 e. The number of unbranched alkanes of at least 4 members (excludes halogenated alkanes) is 1. The molecule has 0 spiro atoms. The van der Waals surface area contributed by atoms with E-state index in [0.29, 0.717) is 22.2 Å². The van der Waals surface area contributed by atoms with Gasteiger partial charge in [-0.15, -0.1) is 0 Å². The third-order valence-corrected chi connectivity index (χ3v) is 6.59. The summed E-state index contributed by atoms with van der Waals surface area (Å²) in [6, 6.07) is 11.4. The number of hydrogen-bond donors (Lipinski definition) is 1. The Kier molecular flexibility index (Phi) is 8.31. The molecule has 0 saturated carbocycles. The number of carbonyl (C=O) groups is 1. The van der Waals surface area contributed by atoms with E-state index >= 15 is 0 Å². The molecule has 0 aliphatic heterocycles. The first-order valence-corrected chi connectivity index (χ1v) is 11.2. The Labute approximate surface area is 176 Å². The molecule has 0 fully saturated rings. The molecule has 0 aliphatic rings. The van der Waals surface area contributed by atoms with Gasteiger partial charge in [-0.25, -0.2) is 8.42 Å². The molecule has 0 atom stereocenters. The highest BCUT2D eigenvalue weighted by atomic mass is 35.5. The summed E-state index contributed by atoms with van der Waals surface area (Å²) in [6.45, 7) is 4.08. The summed E-state index contributed by atoms with van der Waals surface area (Å²) >= 11 is 12.2. The van der Waals surface area contributed by atoms with Gasteiger partial charge in [0.05, 0.1) is 11.4 Å². The molecular formula is C20H24Cl2N2O3S. The number of halogens is 2. The molecule has 0 aromatic heterocycles. The molecule has 28 heavy (non-hydrogen) atoms. The minimum atomic E-state index is -3.89. The Bertz CT molecular complexity index is 916. The second kappa shape index (κ2) is 10.3. The van der Waals surface area contributed by atoms with Crippen molar-refractivity contribution < 1.29 is 13.2 Å². The minimum absolute atomic E-state index is 0.0343. The van der Waals surface area contributed by atoms with Gasteiger partial charge >= 0.3 is 0 Å². The number of carbonyl (C=O) groups excluding carboxylic acids is 1. The van der Waals surface area contributed by atoms with Crippen LogP contribution >= 0.6 is 23.2 Å². The smallest absolute Gasteiger partial charge is 0.243 e. The van der Waals surface area contributed by atoms with E-state index in [2.05, 4.69) is 5.32 Å². The summed E-state index contributed by atoms with van der Waals surface area (Å²) < 4.78 is 27.5. The van der Waals surface area contributed by atoms with Crippen molar-refractivity contribution in [1.29, 1.82) is 0 Å². The van der Waals surface area contributed by atoms with Gasteiger partial charge in [0.25, 0.3) is 0 Å². The number of rotatable bonds is 9. The lowest BCUT2D eigenvalue weighted by Crippen LogP contribution is -2.40. The Hall–Kier alpha value is -1.60. The molecule has 152 valence electrons. The van der Waals surface area contributed by atoms with Crippen LogP contribution in [0.5, 0.6) is 0 Å². The summed E-state index contributed by atoms with van der Waals surface area (Å²) in [5.41, 5.74) is 1.52. The van der Waals surface area contributed by atoms with Crippen LogP contribution in [0.4, 0.5) is 0 Å². The number of nitrogens with one attached hydrogen (secondary N) is 1. The third-order valence-electron chi connectivity index (χ3n) is 4.19. The zero-order valence-electron chi connectivity index (χ0n) is 15.9. The van der Waals surface area contributed by atoms with Crippen molar-refractivity contribution in [3.8, 4) is 0 Å². The van der Waals surface area contributed by atoms with Gasteiger partial charge in [0.2, 0.25) is 15.9 Å². The van der Waals surface area contributed by atoms with Crippen molar-refractivity contribution in [1.82, 2.24) is 9.62 Å². The highest BCUT2D eigenvalue weighted by molar-refractivity contribution is 7.89. The zero-order chi connectivity index (χ0) is 20.7. The molecule has 1 amide bonds. The first-order valence-electron chi connectivity index (χ1n) is 9.01. The van der Waals surface area contributed by atoms with Crippen LogP contribution in [0.25, 0.3) is 0 Å². The van der Waals surface area contributed by atoms with Gasteiger partial charge in [0, 0.05) is 23.1 Å². The van der Waals surface area contributed by atoms with Crippen molar-refractivity contribution in [2.45, 2.75) is 38.1 Å². The van der Waals surface area contributed by atoms with Crippen molar-refractivity contribution in [2.24, 2.45) is 0 Å². The van der Waals surface area contributed by atoms with Crippen LogP contribution in [-0.2, 0) is 21.4 Å². The molecule has 0 unspecified atom stereocenters. The maximum atomic E-state index is 13.2. The maximum absolute atomic E-state index is 13.2. The van der Waals surface area contributed by atoms with Gasteiger partial charge in [-0.05, 0) is 43.2 Å². The molecule has 0 aliphatic carbocycles. The lowest BCUT2D eigenvalue weighted by atomic mass is 10.2. The highest BCUT2D eigenvalue weighted by Gasteiger charge is 2.27. The van der Waals surface area contributed by atoms with Crippen molar-refractivity contribution in [3.63, 3.8) is 0 Å². The van der Waals surface area contributed by atoms with E-state index in [1.807, 2.05) is 13.8 Å². The monoisotopic (exact) mass is 442 g/mol. The Morgan fingerprint density at radius 2 is 1.79 bits per heavy atom. The summed E-state index contributed by atoms with van der Waals surface area (Å²) in [5, 5.41) is 3.56. The van der Waals surface area contributed by atoms with E-state index in [1.165, 1.54) is 12.1 Å². The van der Waals surface area contributed by atoms with E-state index in [0.717, 1.165) is 22.7 Å². The SMILES string of the molecule is CCCCNC(=O)CN(Cc1ccc(Cl)cc1Cl)S(=O)(=O)c1ccc(C)cc1. The van der Waals surface area contributed by atoms with Gasteiger partial charge in [-0.2, -0.15) is 4.31 Å². The Morgan fingerprint density at radius 3 is 2.39 bits per heavy atom. The van der Waals surface area contributed by atoms with Gasteiger partial charge in [0.15, 0.2) is 0 Å². The van der Waals surface area contributed by atoms with Crippen LogP contribution < -0.4 is 5.32 Å². The molecule has 2 rings (SSSR count). The predicted octanol–water partition coefficient (Wildman–Crippen LogP) is 4.41. The highest BCUT2D eigenvalue weighted by Crippen LogP contribution is 2.25. The summed E-state index contributed by atoms with van der Waals surface area (Å²) in [4.78, 5) is 12.4. The molecule has 0 saturated heterocycles. The van der Waals surface area contributed by atoms with Crippen molar-refractivity contribution >= 4 is 39.1 Å². The lowest BCUT2D eigenvalue weighted by molar-refractivity contribution is -0.121. The minimum Gasteiger partial charge on any atom is -0.355 e. The van der Waals surface area contributed by atoms with Crippen LogP contribution in [0.3, 0.4) is 0 Å². The summed E-state index contributed by atoms with van der Waals surface area (Å²) in [5.74, 6) is -0.353. The molecule has 0 bridgehead atoms. The van der Waals surface area contributed by atoms with E-state index in [4.69, 9.17) is 23.2 Å². The molecule has 0 heterocycles. The molecule has 2 aromatic carbocycles. The molecule has 8 heteroatoms. The van der Waals surface area contributed by atoms with Crippen LogP contribution in [0.15, 0.2) is 47.4 Å². The molecule has 5 nitrogen and oxygen atoms in total. The van der Waals surface area contributed by atoms with Gasteiger partial charge < -0.3 is 5.32 Å². The lowest BCUT2D eigenvalue weighted by Gasteiger charge is -2.22. The normalized spacial score (nSPS) is 11.6. The van der Waals surface area contributed by atoms with Crippen molar-refractivity contribution in [3.05, 3.63) is 63.6 Å². The standard InChI is InChI=1S/C20H24Cl2N2O3S/c1-3-4-11-23-20(25)14-24(13-16-7-8-17(21)12-19(16)22)28(26,27)18-9-5-15(2)6-10-18/h5-10,12H,3-4,11,13-14H2,1-2H3,(H,23,25).